The minimum Gasteiger partial charge on any atom is -0.508 e. The van der Waals surface area contributed by atoms with Gasteiger partial charge in [-0.2, -0.15) is 0 Å². The third kappa shape index (κ3) is 3.77. The van der Waals surface area contributed by atoms with Crippen LogP contribution in [0.2, 0.25) is 0 Å². The number of aliphatic hydroxyl groups is 3. The highest BCUT2D eigenvalue weighted by molar-refractivity contribution is 6.24. The number of hydrogen-bond acceptors (Lipinski definition) is 10. The summed E-state index contributed by atoms with van der Waals surface area (Å²) in [5.74, 6) is -9.55. The standard InChI is InChI=1S/C24H27FN4O8/c1-29(2)18-11-4-8-3-10-15(12(30)5-9(17(10)25)6-28-7-13(26)31)19(32)14(8)21(34)24(11,37)22(35)16(20(18)33)23(27)36/h5,8,11,18,28,30,32,35,37H,3-4,6-7H2,1-2H3,(H2,26,31)(H2,27,36)/t8-,11-,18-,24-/m0/s1. The van der Waals surface area contributed by atoms with Crippen LogP contribution in [0.1, 0.15) is 23.1 Å². The third-order valence-corrected chi connectivity index (χ3v) is 7.34. The summed E-state index contributed by atoms with van der Waals surface area (Å²) in [6, 6.07) is -0.214. The zero-order valence-corrected chi connectivity index (χ0v) is 20.0. The van der Waals surface area contributed by atoms with Crippen LogP contribution in [0, 0.1) is 17.7 Å². The number of primary amides is 2. The topological polar surface area (TPSA) is 217 Å². The fraction of sp³-hybridized carbons (Fsp3) is 0.417. The molecule has 3 aliphatic carbocycles. The van der Waals surface area contributed by atoms with Gasteiger partial charge in [0.15, 0.2) is 11.4 Å². The maximum absolute atomic E-state index is 15.5. The average molecular weight is 518 g/mol. The SMILES string of the molecule is CN(C)[C@@H]1C(=O)C(C(N)=O)=C(O)[C@@]2(O)C(=O)C3=C(O)c4c(O)cc(CNCC(N)=O)c(F)c4C[C@H]3C[C@@H]12. The molecule has 198 valence electrons. The Bertz CT molecular complexity index is 1320. The Labute approximate surface area is 210 Å². The quantitative estimate of drug-likeness (QED) is 0.220. The fourth-order valence-corrected chi connectivity index (χ4v) is 5.80. The van der Waals surface area contributed by atoms with Crippen LogP contribution in [0.5, 0.6) is 5.75 Å². The van der Waals surface area contributed by atoms with Gasteiger partial charge in [0.2, 0.25) is 11.7 Å². The molecule has 0 aromatic heterocycles. The molecular formula is C24H27FN4O8. The summed E-state index contributed by atoms with van der Waals surface area (Å²) in [5.41, 5.74) is 5.83. The normalized spacial score (nSPS) is 27.2. The number of nitrogens with zero attached hydrogens (tertiary/aromatic N) is 1. The molecule has 4 atom stereocenters. The van der Waals surface area contributed by atoms with Crippen LogP contribution in [-0.4, -0.2) is 81.0 Å². The van der Waals surface area contributed by atoms with Crippen molar-refractivity contribution in [3.8, 4) is 5.75 Å². The summed E-state index contributed by atoms with van der Waals surface area (Å²) in [7, 11) is 2.97. The predicted octanol–water partition coefficient (Wildman–Crippen LogP) is -1.32. The highest BCUT2D eigenvalue weighted by Crippen LogP contribution is 2.53. The van der Waals surface area contributed by atoms with Crippen molar-refractivity contribution >= 4 is 29.1 Å². The summed E-state index contributed by atoms with van der Waals surface area (Å²) >= 11 is 0. The van der Waals surface area contributed by atoms with Crippen molar-refractivity contribution in [1.29, 1.82) is 0 Å². The number of fused-ring (bicyclic) bond motifs is 3. The molecule has 0 saturated heterocycles. The molecule has 12 nitrogen and oxygen atoms in total. The minimum atomic E-state index is -2.77. The molecule has 1 aromatic carbocycles. The van der Waals surface area contributed by atoms with E-state index >= 15 is 4.39 Å². The zero-order chi connectivity index (χ0) is 27.6. The molecule has 9 N–H and O–H groups in total. The smallest absolute Gasteiger partial charge is 0.255 e. The van der Waals surface area contributed by atoms with E-state index < -0.39 is 75.5 Å². The van der Waals surface area contributed by atoms with E-state index in [-0.39, 0.29) is 48.2 Å². The van der Waals surface area contributed by atoms with Crippen molar-refractivity contribution < 1.29 is 44.0 Å². The first-order valence-electron chi connectivity index (χ1n) is 11.4. The van der Waals surface area contributed by atoms with Gasteiger partial charge in [0.05, 0.1) is 18.2 Å². The number of aliphatic hydroxyl groups excluding tert-OH is 2. The number of amides is 2. The number of rotatable bonds is 6. The first-order chi connectivity index (χ1) is 17.2. The molecule has 13 heteroatoms. The lowest BCUT2D eigenvalue weighted by atomic mass is 9.57. The number of phenolic OH excluding ortho intramolecular Hbond substituents is 1. The Hall–Kier alpha value is -3.81. The summed E-state index contributed by atoms with van der Waals surface area (Å²) in [5, 5.41) is 46.6. The molecule has 1 aromatic rings. The number of aromatic hydroxyl groups is 1. The highest BCUT2D eigenvalue weighted by Gasteiger charge is 2.64. The largest absolute Gasteiger partial charge is 0.508 e. The first-order valence-corrected chi connectivity index (χ1v) is 11.4. The number of nitrogens with two attached hydrogens (primary N) is 2. The molecule has 0 aliphatic heterocycles. The number of phenols is 1. The van der Waals surface area contributed by atoms with E-state index in [0.29, 0.717) is 0 Å². The van der Waals surface area contributed by atoms with Crippen molar-refractivity contribution in [2.75, 3.05) is 20.6 Å². The van der Waals surface area contributed by atoms with Gasteiger partial charge in [0.1, 0.15) is 28.7 Å². The second-order valence-corrected chi connectivity index (χ2v) is 9.75. The van der Waals surface area contributed by atoms with Crippen molar-refractivity contribution in [3.05, 3.63) is 45.5 Å². The number of likely N-dealkylation sites (N-methyl/N-ethyl adjacent to an activating group) is 1. The summed E-state index contributed by atoms with van der Waals surface area (Å²) in [6.07, 6.45) is -0.340. The highest BCUT2D eigenvalue weighted by atomic mass is 19.1. The molecule has 1 fully saturated rings. The number of carbonyl (C=O) groups is 4. The maximum atomic E-state index is 15.5. The van der Waals surface area contributed by atoms with Crippen LogP contribution < -0.4 is 16.8 Å². The zero-order valence-electron chi connectivity index (χ0n) is 20.0. The monoisotopic (exact) mass is 518 g/mol. The van der Waals surface area contributed by atoms with Crippen LogP contribution >= 0.6 is 0 Å². The van der Waals surface area contributed by atoms with E-state index in [2.05, 4.69) is 5.32 Å². The van der Waals surface area contributed by atoms with Gasteiger partial charge in [-0.05, 0) is 38.9 Å². The van der Waals surface area contributed by atoms with Gasteiger partial charge in [0.25, 0.3) is 5.91 Å². The van der Waals surface area contributed by atoms with Gasteiger partial charge in [-0.1, -0.05) is 0 Å². The first kappa shape index (κ1) is 26.3. The number of hydrogen-bond donors (Lipinski definition) is 7. The van der Waals surface area contributed by atoms with Crippen LogP contribution in [0.25, 0.3) is 5.76 Å². The van der Waals surface area contributed by atoms with E-state index in [1.54, 1.807) is 0 Å². The van der Waals surface area contributed by atoms with Crippen LogP contribution in [0.3, 0.4) is 0 Å². The van der Waals surface area contributed by atoms with Crippen molar-refractivity contribution in [1.82, 2.24) is 10.2 Å². The Morgan fingerprint density at radius 1 is 1.22 bits per heavy atom. The number of Topliss-reactive ketones (excluding diaryl/α,β-unsaturated/α-hetero) is 2. The molecule has 0 heterocycles. The van der Waals surface area contributed by atoms with Gasteiger partial charge in [-0.3, -0.25) is 24.1 Å². The number of benzene rings is 1. The molecule has 0 radical (unpaired) electrons. The lowest BCUT2D eigenvalue weighted by Gasteiger charge is -2.50. The minimum absolute atomic E-state index is 0.0157. The predicted molar refractivity (Wildman–Crippen MR) is 125 cm³/mol. The Kier molecular flexibility index (Phi) is 6.34. The van der Waals surface area contributed by atoms with Crippen molar-refractivity contribution in [3.63, 3.8) is 0 Å². The van der Waals surface area contributed by atoms with Crippen molar-refractivity contribution in [2.24, 2.45) is 23.3 Å². The Balaban J connectivity index is 1.88. The summed E-state index contributed by atoms with van der Waals surface area (Å²) < 4.78 is 15.5. The average Bonchev–Trinajstić information content (AvgIpc) is 2.78. The van der Waals surface area contributed by atoms with Gasteiger partial charge in [0, 0.05) is 29.2 Å². The molecular weight excluding hydrogens is 491 g/mol. The molecule has 4 rings (SSSR count). The molecule has 2 amide bonds. The van der Waals surface area contributed by atoms with Gasteiger partial charge >= 0.3 is 0 Å². The Morgan fingerprint density at radius 3 is 2.43 bits per heavy atom. The fourth-order valence-electron chi connectivity index (χ4n) is 5.80. The maximum Gasteiger partial charge on any atom is 0.255 e. The van der Waals surface area contributed by atoms with Crippen LogP contribution in [0.4, 0.5) is 4.39 Å². The van der Waals surface area contributed by atoms with Gasteiger partial charge < -0.3 is 37.2 Å². The molecule has 3 aliphatic rings. The molecule has 0 bridgehead atoms. The number of carbonyl (C=O) groups excluding carboxylic acids is 4. The summed E-state index contributed by atoms with van der Waals surface area (Å²) in [4.78, 5) is 51.1. The van der Waals surface area contributed by atoms with Crippen molar-refractivity contribution in [2.45, 2.75) is 31.0 Å². The van der Waals surface area contributed by atoms with Crippen LogP contribution in [0.15, 0.2) is 23.0 Å². The number of ketones is 2. The van der Waals surface area contributed by atoms with Gasteiger partial charge in [-0.15, -0.1) is 0 Å². The molecule has 0 unspecified atom stereocenters. The lowest BCUT2D eigenvalue weighted by molar-refractivity contribution is -0.153. The number of halogens is 1. The van der Waals surface area contributed by atoms with Crippen LogP contribution in [-0.2, 0) is 32.1 Å². The van der Waals surface area contributed by atoms with Gasteiger partial charge in [-0.25, -0.2) is 4.39 Å². The Morgan fingerprint density at radius 2 is 1.86 bits per heavy atom. The number of nitrogens with one attached hydrogen (secondary N) is 1. The molecule has 37 heavy (non-hydrogen) atoms. The second kappa shape index (κ2) is 8.94. The summed E-state index contributed by atoms with van der Waals surface area (Å²) in [6.45, 7) is -0.404. The van der Waals surface area contributed by atoms with E-state index in [1.807, 2.05) is 0 Å². The molecule has 0 spiro atoms. The molecule has 1 saturated carbocycles. The van der Waals surface area contributed by atoms with E-state index in [9.17, 15) is 39.6 Å². The van der Waals surface area contributed by atoms with E-state index in [0.717, 1.165) is 6.07 Å². The van der Waals surface area contributed by atoms with E-state index in [4.69, 9.17) is 11.5 Å². The van der Waals surface area contributed by atoms with E-state index in [1.165, 1.54) is 19.0 Å². The second-order valence-electron chi connectivity index (χ2n) is 9.75. The third-order valence-electron chi connectivity index (χ3n) is 7.34. The lowest BCUT2D eigenvalue weighted by Crippen LogP contribution is -2.65.